The van der Waals surface area contributed by atoms with E-state index in [1.54, 1.807) is 13.3 Å². The van der Waals surface area contributed by atoms with Crippen LogP contribution in [-0.4, -0.2) is 43.9 Å². The van der Waals surface area contributed by atoms with Gasteiger partial charge >= 0.3 is 0 Å². The third-order valence-electron chi connectivity index (χ3n) is 5.21. The average Bonchev–Trinajstić information content (AvgIpc) is 3.17. The molecule has 0 atom stereocenters. The number of aliphatic imine (C=N–C) groups is 1. The van der Waals surface area contributed by atoms with Crippen LogP contribution in [0.2, 0.25) is 0 Å². The van der Waals surface area contributed by atoms with Crippen molar-refractivity contribution in [3.05, 3.63) is 65.0 Å². The Kier molecular flexibility index (Phi) is 7.36. The Hall–Kier alpha value is -2.99. The van der Waals surface area contributed by atoms with E-state index in [0.29, 0.717) is 18.0 Å². The number of benzene rings is 1. The van der Waals surface area contributed by atoms with Crippen molar-refractivity contribution < 1.29 is 9.53 Å². The molecule has 1 aromatic carbocycles. The van der Waals surface area contributed by atoms with Gasteiger partial charge < -0.3 is 15.0 Å². The van der Waals surface area contributed by atoms with Crippen molar-refractivity contribution in [3.8, 4) is 0 Å². The van der Waals surface area contributed by atoms with Crippen LogP contribution in [0, 0.1) is 6.92 Å². The smallest absolute Gasteiger partial charge is 0.274 e. The number of hydrogen-bond donors (Lipinski definition) is 1. The Morgan fingerprint density at radius 1 is 1.23 bits per heavy atom. The number of hydrogen-bond acceptors (Lipinski definition) is 5. The van der Waals surface area contributed by atoms with Crippen LogP contribution in [0.5, 0.6) is 0 Å². The zero-order valence-electron chi connectivity index (χ0n) is 18.2. The number of nitrogens with zero attached hydrogens (tertiary/aromatic N) is 3. The van der Waals surface area contributed by atoms with Crippen LogP contribution >= 0.6 is 0 Å². The number of methoxy groups -OCH3 is 1. The number of aryl methyl sites for hydroxylation is 1. The Morgan fingerprint density at radius 2 is 2.03 bits per heavy atom. The molecule has 0 unspecified atom stereocenters. The monoisotopic (exact) mass is 406 g/mol. The van der Waals surface area contributed by atoms with Crippen molar-refractivity contribution >= 4 is 23.1 Å². The predicted octanol–water partition coefficient (Wildman–Crippen LogP) is 4.36. The van der Waals surface area contributed by atoms with Crippen LogP contribution in [0.1, 0.15) is 37.3 Å². The Bertz CT molecular complexity index is 948. The van der Waals surface area contributed by atoms with Gasteiger partial charge in [-0.05, 0) is 42.2 Å². The highest BCUT2D eigenvalue weighted by molar-refractivity contribution is 6.13. The maximum Gasteiger partial charge on any atom is 0.274 e. The SMILES string of the molecule is CCCC1=C(C(=O)Nc2ccc(N(C)CCOC)nc2)N=C(c2ccccc2C)C1. The molecule has 1 aliphatic heterocycles. The van der Waals surface area contributed by atoms with Crippen LogP contribution < -0.4 is 10.2 Å². The summed E-state index contributed by atoms with van der Waals surface area (Å²) >= 11 is 0. The number of aromatic nitrogens is 1. The molecule has 0 fully saturated rings. The maximum absolute atomic E-state index is 13.0. The van der Waals surface area contributed by atoms with Crippen LogP contribution in [0.3, 0.4) is 0 Å². The first-order valence-corrected chi connectivity index (χ1v) is 10.4. The number of carbonyl (C=O) groups excluding carboxylic acids is 1. The molecule has 1 aromatic heterocycles. The van der Waals surface area contributed by atoms with Gasteiger partial charge in [-0.15, -0.1) is 0 Å². The predicted molar refractivity (Wildman–Crippen MR) is 122 cm³/mol. The number of carbonyl (C=O) groups is 1. The lowest BCUT2D eigenvalue weighted by Gasteiger charge is -2.17. The molecular formula is C24H30N4O2. The average molecular weight is 407 g/mol. The first kappa shape index (κ1) is 21.7. The summed E-state index contributed by atoms with van der Waals surface area (Å²) in [5.74, 6) is 0.654. The lowest BCUT2D eigenvalue weighted by Crippen LogP contribution is -2.23. The van der Waals surface area contributed by atoms with E-state index in [0.717, 1.165) is 48.5 Å². The van der Waals surface area contributed by atoms with E-state index in [-0.39, 0.29) is 5.91 Å². The van der Waals surface area contributed by atoms with Gasteiger partial charge in [-0.25, -0.2) is 9.98 Å². The van der Waals surface area contributed by atoms with Crippen LogP contribution in [0.4, 0.5) is 11.5 Å². The molecule has 0 spiro atoms. The van der Waals surface area contributed by atoms with Gasteiger partial charge in [-0.1, -0.05) is 37.6 Å². The van der Waals surface area contributed by atoms with E-state index in [1.165, 1.54) is 5.56 Å². The molecule has 2 aromatic rings. The quantitative estimate of drug-likeness (QED) is 0.672. The van der Waals surface area contributed by atoms with Crippen molar-refractivity contribution in [1.82, 2.24) is 4.98 Å². The van der Waals surface area contributed by atoms with Gasteiger partial charge in [0.25, 0.3) is 5.91 Å². The number of ether oxygens (including phenoxy) is 1. The Balaban J connectivity index is 1.75. The fourth-order valence-corrected chi connectivity index (χ4v) is 3.53. The van der Waals surface area contributed by atoms with Gasteiger partial charge in [0.15, 0.2) is 0 Å². The Labute approximate surface area is 178 Å². The molecule has 1 aliphatic rings. The number of nitrogens with one attached hydrogen (secondary N) is 1. The summed E-state index contributed by atoms with van der Waals surface area (Å²) in [5, 5.41) is 2.96. The standard InChI is InChI=1S/C24H30N4O2/c1-5-8-18-15-21(20-10-7-6-9-17(20)2)27-23(18)24(29)26-19-11-12-22(25-16-19)28(3)13-14-30-4/h6-7,9-12,16H,5,8,13-15H2,1-4H3,(H,26,29). The minimum atomic E-state index is -0.177. The molecule has 0 bridgehead atoms. The number of allylic oxidation sites excluding steroid dienone is 1. The number of rotatable bonds is 9. The number of pyridine rings is 1. The van der Waals surface area contributed by atoms with Crippen molar-refractivity contribution in [2.24, 2.45) is 4.99 Å². The zero-order chi connectivity index (χ0) is 21.5. The summed E-state index contributed by atoms with van der Waals surface area (Å²) < 4.78 is 5.10. The second kappa shape index (κ2) is 10.2. The summed E-state index contributed by atoms with van der Waals surface area (Å²) in [6.07, 6.45) is 4.25. The number of amides is 1. The maximum atomic E-state index is 13.0. The highest BCUT2D eigenvalue weighted by Crippen LogP contribution is 2.29. The third-order valence-corrected chi connectivity index (χ3v) is 5.21. The van der Waals surface area contributed by atoms with Gasteiger partial charge in [0, 0.05) is 27.1 Å². The molecule has 1 amide bonds. The lowest BCUT2D eigenvalue weighted by atomic mass is 9.98. The first-order valence-electron chi connectivity index (χ1n) is 10.4. The van der Waals surface area contributed by atoms with Gasteiger partial charge in [0.2, 0.25) is 0 Å². The van der Waals surface area contributed by atoms with Crippen LogP contribution in [-0.2, 0) is 9.53 Å². The Morgan fingerprint density at radius 3 is 2.70 bits per heavy atom. The van der Waals surface area contributed by atoms with Crippen LogP contribution in [0.25, 0.3) is 0 Å². The van der Waals surface area contributed by atoms with E-state index in [1.807, 2.05) is 36.2 Å². The summed E-state index contributed by atoms with van der Waals surface area (Å²) in [7, 11) is 3.64. The second-order valence-electron chi connectivity index (χ2n) is 7.53. The lowest BCUT2D eigenvalue weighted by molar-refractivity contribution is -0.112. The first-order chi connectivity index (χ1) is 14.5. The molecule has 0 saturated heterocycles. The normalized spacial score (nSPS) is 13.4. The van der Waals surface area contributed by atoms with Crippen molar-refractivity contribution in [1.29, 1.82) is 0 Å². The molecule has 0 radical (unpaired) electrons. The number of anilines is 2. The molecular weight excluding hydrogens is 376 g/mol. The zero-order valence-corrected chi connectivity index (χ0v) is 18.2. The fourth-order valence-electron chi connectivity index (χ4n) is 3.53. The molecule has 2 heterocycles. The summed E-state index contributed by atoms with van der Waals surface area (Å²) in [6.45, 7) is 5.58. The van der Waals surface area contributed by atoms with Gasteiger partial charge in [-0.2, -0.15) is 0 Å². The minimum absolute atomic E-state index is 0.177. The van der Waals surface area contributed by atoms with E-state index >= 15 is 0 Å². The minimum Gasteiger partial charge on any atom is -0.383 e. The highest BCUT2D eigenvalue weighted by Gasteiger charge is 2.24. The van der Waals surface area contributed by atoms with E-state index < -0.39 is 0 Å². The summed E-state index contributed by atoms with van der Waals surface area (Å²) in [6, 6.07) is 11.9. The number of likely N-dealkylation sites (N-methyl/N-ethyl adjacent to an activating group) is 1. The van der Waals surface area contributed by atoms with Crippen molar-refractivity contribution in [2.45, 2.75) is 33.1 Å². The second-order valence-corrected chi connectivity index (χ2v) is 7.53. The fraction of sp³-hybridized carbons (Fsp3) is 0.375. The molecule has 0 saturated carbocycles. The molecule has 3 rings (SSSR count). The molecule has 158 valence electrons. The molecule has 6 nitrogen and oxygen atoms in total. The highest BCUT2D eigenvalue weighted by atomic mass is 16.5. The molecule has 1 N–H and O–H groups in total. The van der Waals surface area contributed by atoms with E-state index in [9.17, 15) is 4.79 Å². The van der Waals surface area contributed by atoms with E-state index in [2.05, 4.69) is 36.3 Å². The topological polar surface area (TPSA) is 66.8 Å². The molecule has 30 heavy (non-hydrogen) atoms. The van der Waals surface area contributed by atoms with Crippen molar-refractivity contribution in [3.63, 3.8) is 0 Å². The van der Waals surface area contributed by atoms with Crippen LogP contribution in [0.15, 0.2) is 58.9 Å². The molecule has 6 heteroatoms. The van der Waals surface area contributed by atoms with Crippen molar-refractivity contribution in [2.75, 3.05) is 37.5 Å². The van der Waals surface area contributed by atoms with Gasteiger partial charge in [0.1, 0.15) is 11.5 Å². The van der Waals surface area contributed by atoms with Gasteiger partial charge in [-0.3, -0.25) is 4.79 Å². The largest absolute Gasteiger partial charge is 0.383 e. The molecule has 0 aliphatic carbocycles. The van der Waals surface area contributed by atoms with Gasteiger partial charge in [0.05, 0.1) is 24.2 Å². The summed E-state index contributed by atoms with van der Waals surface area (Å²) in [5.41, 5.74) is 5.54. The summed E-state index contributed by atoms with van der Waals surface area (Å²) in [4.78, 5) is 24.2. The van der Waals surface area contributed by atoms with E-state index in [4.69, 9.17) is 9.73 Å². The third kappa shape index (κ3) is 5.13.